The van der Waals surface area contributed by atoms with Crippen molar-refractivity contribution in [2.45, 2.75) is 32.7 Å². The minimum atomic E-state index is -0.286. The fraction of sp³-hybridized carbons (Fsp3) is 0.529. The summed E-state index contributed by atoms with van der Waals surface area (Å²) in [6.07, 6.45) is 1.13. The van der Waals surface area contributed by atoms with Crippen molar-refractivity contribution < 1.29 is 19.1 Å². The number of rotatable bonds is 5. The van der Waals surface area contributed by atoms with E-state index in [4.69, 9.17) is 9.47 Å². The Morgan fingerprint density at radius 1 is 1.17 bits per heavy atom. The number of carbonyl (C=O) groups excluding carboxylic acids is 2. The number of hydrogen-bond donors (Lipinski definition) is 2. The van der Waals surface area contributed by atoms with E-state index in [9.17, 15) is 9.59 Å². The Morgan fingerprint density at radius 2 is 1.88 bits per heavy atom. The van der Waals surface area contributed by atoms with Gasteiger partial charge in [0, 0.05) is 19.1 Å². The number of anilines is 1. The lowest BCUT2D eigenvalue weighted by Gasteiger charge is -2.31. The number of ether oxygens (including phenoxy) is 2. The first-order chi connectivity index (χ1) is 11.6. The van der Waals surface area contributed by atoms with Gasteiger partial charge in [0.2, 0.25) is 0 Å². The summed E-state index contributed by atoms with van der Waals surface area (Å²) in [5.41, 5.74) is 0.640. The SMILES string of the molecule is CCOC(=O)N1CCC(NC(=O)Nc2ccccc2OCC)CC1. The Balaban J connectivity index is 1.81. The highest BCUT2D eigenvalue weighted by Crippen LogP contribution is 2.23. The maximum atomic E-state index is 12.2. The third-order valence-electron chi connectivity index (χ3n) is 3.79. The maximum Gasteiger partial charge on any atom is 0.409 e. The molecular formula is C17H25N3O4. The van der Waals surface area contributed by atoms with Crippen LogP contribution in [0.3, 0.4) is 0 Å². The summed E-state index contributed by atoms with van der Waals surface area (Å²) >= 11 is 0. The van der Waals surface area contributed by atoms with E-state index < -0.39 is 0 Å². The molecule has 0 spiro atoms. The fourth-order valence-corrected chi connectivity index (χ4v) is 2.62. The average Bonchev–Trinajstić information content (AvgIpc) is 2.58. The van der Waals surface area contributed by atoms with E-state index >= 15 is 0 Å². The molecule has 1 aromatic carbocycles. The summed E-state index contributed by atoms with van der Waals surface area (Å²) in [6, 6.07) is 7.09. The standard InChI is InChI=1S/C17H25N3O4/c1-3-23-15-8-6-5-7-14(15)19-16(21)18-13-9-11-20(12-10-13)17(22)24-4-2/h5-8,13H,3-4,9-12H2,1-2H3,(H2,18,19,21). The Bertz CT molecular complexity index is 557. The van der Waals surface area contributed by atoms with Crippen LogP contribution in [0.1, 0.15) is 26.7 Å². The molecule has 0 atom stereocenters. The predicted octanol–water partition coefficient (Wildman–Crippen LogP) is 2.83. The van der Waals surface area contributed by atoms with Crippen molar-refractivity contribution in [1.82, 2.24) is 10.2 Å². The van der Waals surface area contributed by atoms with Crippen LogP contribution in [-0.4, -0.2) is 49.4 Å². The molecule has 0 aromatic heterocycles. The zero-order valence-corrected chi connectivity index (χ0v) is 14.2. The average molecular weight is 335 g/mol. The van der Waals surface area contributed by atoms with E-state index in [0.29, 0.717) is 50.6 Å². The highest BCUT2D eigenvalue weighted by molar-refractivity contribution is 5.91. The third kappa shape index (κ3) is 5.04. The van der Waals surface area contributed by atoms with Gasteiger partial charge < -0.3 is 25.0 Å². The first-order valence-corrected chi connectivity index (χ1v) is 8.35. The molecule has 0 aliphatic carbocycles. The van der Waals surface area contributed by atoms with Gasteiger partial charge >= 0.3 is 12.1 Å². The van der Waals surface area contributed by atoms with Gasteiger partial charge in [-0.25, -0.2) is 9.59 Å². The molecule has 1 heterocycles. The van der Waals surface area contributed by atoms with Crippen LogP contribution in [0.4, 0.5) is 15.3 Å². The highest BCUT2D eigenvalue weighted by Gasteiger charge is 2.24. The molecule has 2 N–H and O–H groups in total. The molecule has 24 heavy (non-hydrogen) atoms. The Morgan fingerprint density at radius 3 is 2.54 bits per heavy atom. The van der Waals surface area contributed by atoms with Crippen molar-refractivity contribution in [3.63, 3.8) is 0 Å². The van der Waals surface area contributed by atoms with Gasteiger partial charge in [-0.05, 0) is 38.8 Å². The number of hydrogen-bond acceptors (Lipinski definition) is 4. The van der Waals surface area contributed by atoms with Crippen LogP contribution in [0, 0.1) is 0 Å². The van der Waals surface area contributed by atoms with Gasteiger partial charge in [-0.3, -0.25) is 0 Å². The maximum absolute atomic E-state index is 12.2. The lowest BCUT2D eigenvalue weighted by Crippen LogP contribution is -2.47. The predicted molar refractivity (Wildman–Crippen MR) is 91.4 cm³/mol. The topological polar surface area (TPSA) is 79.9 Å². The first kappa shape index (κ1) is 17.9. The molecule has 1 fully saturated rings. The fourth-order valence-electron chi connectivity index (χ4n) is 2.62. The second-order valence-electron chi connectivity index (χ2n) is 5.49. The van der Waals surface area contributed by atoms with E-state index in [-0.39, 0.29) is 18.2 Å². The quantitative estimate of drug-likeness (QED) is 0.867. The van der Waals surface area contributed by atoms with Crippen LogP contribution in [0.15, 0.2) is 24.3 Å². The number of nitrogens with zero attached hydrogens (tertiary/aromatic N) is 1. The summed E-state index contributed by atoms with van der Waals surface area (Å²) in [7, 11) is 0. The molecule has 1 aromatic rings. The molecule has 0 unspecified atom stereocenters. The molecule has 0 saturated carbocycles. The van der Waals surface area contributed by atoms with Gasteiger partial charge in [-0.2, -0.15) is 0 Å². The van der Waals surface area contributed by atoms with Crippen molar-refractivity contribution in [2.24, 2.45) is 0 Å². The first-order valence-electron chi connectivity index (χ1n) is 8.35. The number of carbonyl (C=O) groups is 2. The molecule has 1 saturated heterocycles. The second-order valence-corrected chi connectivity index (χ2v) is 5.49. The summed E-state index contributed by atoms with van der Waals surface area (Å²) in [5, 5.41) is 5.76. The largest absolute Gasteiger partial charge is 0.492 e. The van der Waals surface area contributed by atoms with Crippen LogP contribution in [0.25, 0.3) is 0 Å². The van der Waals surface area contributed by atoms with Crippen molar-refractivity contribution >= 4 is 17.8 Å². The minimum Gasteiger partial charge on any atom is -0.492 e. The lowest BCUT2D eigenvalue weighted by molar-refractivity contribution is 0.0959. The number of amides is 3. The van der Waals surface area contributed by atoms with Gasteiger partial charge in [0.05, 0.1) is 18.9 Å². The number of para-hydroxylation sites is 2. The smallest absolute Gasteiger partial charge is 0.409 e. The molecule has 1 aliphatic heterocycles. The zero-order chi connectivity index (χ0) is 17.4. The molecule has 132 valence electrons. The molecule has 1 aliphatic rings. The number of benzene rings is 1. The molecule has 7 heteroatoms. The number of nitrogens with one attached hydrogen (secondary N) is 2. The van der Waals surface area contributed by atoms with Gasteiger partial charge in [-0.1, -0.05) is 12.1 Å². The van der Waals surface area contributed by atoms with Crippen LogP contribution in [0.5, 0.6) is 5.75 Å². The van der Waals surface area contributed by atoms with Gasteiger partial charge in [0.15, 0.2) is 0 Å². The number of likely N-dealkylation sites (tertiary alicyclic amines) is 1. The summed E-state index contributed by atoms with van der Waals surface area (Å²) in [5.74, 6) is 0.646. The normalized spacial score (nSPS) is 14.8. The van der Waals surface area contributed by atoms with E-state index in [0.717, 1.165) is 0 Å². The molecule has 7 nitrogen and oxygen atoms in total. The van der Waals surface area contributed by atoms with Gasteiger partial charge in [0.1, 0.15) is 5.75 Å². The lowest BCUT2D eigenvalue weighted by atomic mass is 10.1. The van der Waals surface area contributed by atoms with Crippen LogP contribution in [-0.2, 0) is 4.74 Å². The summed E-state index contributed by atoms with van der Waals surface area (Å²) in [6.45, 7) is 5.76. The summed E-state index contributed by atoms with van der Waals surface area (Å²) < 4.78 is 10.5. The van der Waals surface area contributed by atoms with Crippen molar-refractivity contribution in [2.75, 3.05) is 31.6 Å². The van der Waals surface area contributed by atoms with E-state index in [1.165, 1.54) is 0 Å². The van der Waals surface area contributed by atoms with Crippen LogP contribution >= 0.6 is 0 Å². The van der Waals surface area contributed by atoms with Gasteiger partial charge in [-0.15, -0.1) is 0 Å². The Kier molecular flexibility index (Phi) is 6.72. The molecule has 0 bridgehead atoms. The van der Waals surface area contributed by atoms with Crippen molar-refractivity contribution in [3.8, 4) is 5.75 Å². The number of piperidine rings is 1. The molecule has 0 radical (unpaired) electrons. The van der Waals surface area contributed by atoms with Crippen LogP contribution < -0.4 is 15.4 Å². The van der Waals surface area contributed by atoms with Gasteiger partial charge in [0.25, 0.3) is 0 Å². The summed E-state index contributed by atoms with van der Waals surface area (Å²) in [4.78, 5) is 25.5. The Labute approximate surface area is 142 Å². The zero-order valence-electron chi connectivity index (χ0n) is 14.2. The molecule has 3 amide bonds. The third-order valence-corrected chi connectivity index (χ3v) is 3.79. The number of urea groups is 1. The van der Waals surface area contributed by atoms with E-state index in [2.05, 4.69) is 10.6 Å². The van der Waals surface area contributed by atoms with Crippen molar-refractivity contribution in [3.05, 3.63) is 24.3 Å². The van der Waals surface area contributed by atoms with E-state index in [1.807, 2.05) is 25.1 Å². The molecule has 2 rings (SSSR count). The van der Waals surface area contributed by atoms with Crippen LogP contribution in [0.2, 0.25) is 0 Å². The highest BCUT2D eigenvalue weighted by atomic mass is 16.6. The Hall–Kier alpha value is -2.44. The second kappa shape index (κ2) is 9.00. The van der Waals surface area contributed by atoms with Crippen molar-refractivity contribution in [1.29, 1.82) is 0 Å². The molecular weight excluding hydrogens is 310 g/mol. The monoisotopic (exact) mass is 335 g/mol. The van der Waals surface area contributed by atoms with E-state index in [1.54, 1.807) is 17.9 Å². The minimum absolute atomic E-state index is 0.0370.